The third kappa shape index (κ3) is 5.69. The Morgan fingerprint density at radius 2 is 1.46 bits per heavy atom. The number of hydrogen-bond donors (Lipinski definition) is 2. The van der Waals surface area contributed by atoms with Crippen LogP contribution in [-0.4, -0.2) is 18.4 Å². The summed E-state index contributed by atoms with van der Waals surface area (Å²) >= 11 is 6.19. The van der Waals surface area contributed by atoms with Crippen LogP contribution in [0.1, 0.15) is 21.5 Å². The lowest BCUT2D eigenvalue weighted by Gasteiger charge is -2.10. The van der Waals surface area contributed by atoms with E-state index in [0.717, 1.165) is 17.5 Å². The average Bonchev–Trinajstić information content (AvgIpc) is 2.71. The first kappa shape index (κ1) is 19.6. The second-order valence-electron chi connectivity index (χ2n) is 6.40. The van der Waals surface area contributed by atoms with Gasteiger partial charge in [-0.1, -0.05) is 72.3 Å². The van der Waals surface area contributed by atoms with Gasteiger partial charge in [0.25, 0.3) is 5.91 Å². The summed E-state index contributed by atoms with van der Waals surface area (Å²) in [4.78, 5) is 24.7. The topological polar surface area (TPSA) is 58.2 Å². The van der Waals surface area contributed by atoms with Crippen molar-refractivity contribution in [2.45, 2.75) is 12.8 Å². The Hall–Kier alpha value is -3.11. The molecule has 0 spiro atoms. The largest absolute Gasteiger partial charge is 0.352 e. The lowest BCUT2D eigenvalue weighted by atomic mass is 10.1. The number of anilines is 1. The van der Waals surface area contributed by atoms with Gasteiger partial charge in [-0.05, 0) is 35.7 Å². The molecular weight excluding hydrogens is 372 g/mol. The summed E-state index contributed by atoms with van der Waals surface area (Å²) in [6.07, 6.45) is 0.992. The predicted octanol–water partition coefficient (Wildman–Crippen LogP) is 4.49. The van der Waals surface area contributed by atoms with Crippen molar-refractivity contribution in [1.29, 1.82) is 0 Å². The van der Waals surface area contributed by atoms with Crippen LogP contribution in [0.5, 0.6) is 0 Å². The molecule has 0 radical (unpaired) electrons. The van der Waals surface area contributed by atoms with Gasteiger partial charge in [0.05, 0.1) is 17.1 Å². The third-order valence-corrected chi connectivity index (χ3v) is 4.58. The molecule has 0 saturated heterocycles. The SMILES string of the molecule is O=C(Cc1ccccc1)Nc1cc(C(=O)NCCc2ccccc2)ccc1Cl. The second-order valence-corrected chi connectivity index (χ2v) is 6.80. The van der Waals surface area contributed by atoms with Crippen LogP contribution in [0.25, 0.3) is 0 Å². The minimum absolute atomic E-state index is 0.185. The van der Waals surface area contributed by atoms with Gasteiger partial charge in [-0.15, -0.1) is 0 Å². The summed E-state index contributed by atoms with van der Waals surface area (Å²) < 4.78 is 0. The molecule has 2 amide bonds. The van der Waals surface area contributed by atoms with Crippen molar-refractivity contribution in [2.75, 3.05) is 11.9 Å². The van der Waals surface area contributed by atoms with Crippen molar-refractivity contribution >= 4 is 29.1 Å². The van der Waals surface area contributed by atoms with E-state index in [1.165, 1.54) is 0 Å². The Kier molecular flexibility index (Phi) is 6.82. The maximum absolute atomic E-state index is 12.4. The Bertz CT molecular complexity index is 943. The molecule has 3 aromatic rings. The smallest absolute Gasteiger partial charge is 0.251 e. The van der Waals surface area contributed by atoms with Crippen LogP contribution in [0.2, 0.25) is 5.02 Å². The Morgan fingerprint density at radius 3 is 2.14 bits per heavy atom. The van der Waals surface area contributed by atoms with Gasteiger partial charge >= 0.3 is 0 Å². The number of amides is 2. The predicted molar refractivity (Wildman–Crippen MR) is 113 cm³/mol. The fourth-order valence-corrected chi connectivity index (χ4v) is 2.97. The first-order valence-electron chi connectivity index (χ1n) is 9.07. The van der Waals surface area contributed by atoms with E-state index in [1.807, 2.05) is 60.7 Å². The van der Waals surface area contributed by atoms with Crippen molar-refractivity contribution in [3.8, 4) is 0 Å². The maximum atomic E-state index is 12.4. The number of benzene rings is 3. The van der Waals surface area contributed by atoms with E-state index < -0.39 is 0 Å². The molecule has 0 aliphatic carbocycles. The molecule has 0 heterocycles. The molecular formula is C23H21ClN2O2. The summed E-state index contributed by atoms with van der Waals surface area (Å²) in [5.74, 6) is -0.388. The molecule has 2 N–H and O–H groups in total. The van der Waals surface area contributed by atoms with Crippen LogP contribution >= 0.6 is 11.6 Å². The summed E-state index contributed by atoms with van der Waals surface area (Å²) in [7, 11) is 0. The van der Waals surface area contributed by atoms with Gasteiger partial charge < -0.3 is 10.6 Å². The average molecular weight is 393 g/mol. The molecule has 0 saturated carbocycles. The van der Waals surface area contributed by atoms with Gasteiger partial charge in [0.1, 0.15) is 0 Å². The zero-order valence-electron chi connectivity index (χ0n) is 15.3. The van der Waals surface area contributed by atoms with Crippen LogP contribution < -0.4 is 10.6 Å². The Balaban J connectivity index is 1.58. The molecule has 0 aromatic heterocycles. The molecule has 142 valence electrons. The number of rotatable bonds is 7. The molecule has 0 fully saturated rings. The highest BCUT2D eigenvalue weighted by Gasteiger charge is 2.11. The van der Waals surface area contributed by atoms with Crippen LogP contribution in [0, 0.1) is 0 Å². The van der Waals surface area contributed by atoms with E-state index in [0.29, 0.717) is 22.8 Å². The molecule has 28 heavy (non-hydrogen) atoms. The molecule has 5 heteroatoms. The van der Waals surface area contributed by atoms with Gasteiger partial charge in [-0.25, -0.2) is 0 Å². The van der Waals surface area contributed by atoms with Gasteiger partial charge in [0.15, 0.2) is 0 Å². The van der Waals surface area contributed by atoms with Crippen LogP contribution in [0.4, 0.5) is 5.69 Å². The summed E-state index contributed by atoms with van der Waals surface area (Å²) in [6.45, 7) is 0.529. The lowest BCUT2D eigenvalue weighted by molar-refractivity contribution is -0.115. The molecule has 0 aliphatic rings. The first-order chi connectivity index (χ1) is 13.6. The first-order valence-corrected chi connectivity index (χ1v) is 9.45. The Morgan fingerprint density at radius 1 is 0.821 bits per heavy atom. The van der Waals surface area contributed by atoms with Gasteiger partial charge in [-0.2, -0.15) is 0 Å². The number of halogens is 1. The molecule has 3 rings (SSSR count). The minimum atomic E-state index is -0.203. The monoisotopic (exact) mass is 392 g/mol. The zero-order chi connectivity index (χ0) is 19.8. The molecule has 0 aliphatic heterocycles. The molecule has 0 bridgehead atoms. The number of hydrogen-bond acceptors (Lipinski definition) is 2. The fourth-order valence-electron chi connectivity index (χ4n) is 2.81. The molecule has 3 aromatic carbocycles. The lowest BCUT2D eigenvalue weighted by Crippen LogP contribution is -2.26. The molecule has 4 nitrogen and oxygen atoms in total. The van der Waals surface area contributed by atoms with Crippen LogP contribution in [0.15, 0.2) is 78.9 Å². The maximum Gasteiger partial charge on any atom is 0.251 e. The number of carbonyl (C=O) groups is 2. The summed E-state index contributed by atoms with van der Waals surface area (Å²) in [5.41, 5.74) is 2.95. The summed E-state index contributed by atoms with van der Waals surface area (Å²) in [5, 5.41) is 6.07. The van der Waals surface area contributed by atoms with E-state index in [2.05, 4.69) is 10.6 Å². The van der Waals surface area contributed by atoms with Gasteiger partial charge in [0, 0.05) is 12.1 Å². The van der Waals surface area contributed by atoms with E-state index in [1.54, 1.807) is 18.2 Å². The van der Waals surface area contributed by atoms with E-state index >= 15 is 0 Å². The van der Waals surface area contributed by atoms with Crippen LogP contribution in [0.3, 0.4) is 0 Å². The standard InChI is InChI=1S/C23H21ClN2O2/c24-20-12-11-19(23(28)25-14-13-17-7-3-1-4-8-17)16-21(20)26-22(27)15-18-9-5-2-6-10-18/h1-12,16H,13-15H2,(H,25,28)(H,26,27). The number of nitrogens with one attached hydrogen (secondary N) is 2. The number of carbonyl (C=O) groups excluding carboxylic acids is 2. The third-order valence-electron chi connectivity index (χ3n) is 4.25. The van der Waals surface area contributed by atoms with Gasteiger partial charge in [0.2, 0.25) is 5.91 Å². The zero-order valence-corrected chi connectivity index (χ0v) is 16.1. The van der Waals surface area contributed by atoms with Crippen molar-refractivity contribution in [3.05, 3.63) is 101 Å². The van der Waals surface area contributed by atoms with E-state index in [4.69, 9.17) is 11.6 Å². The van der Waals surface area contributed by atoms with E-state index in [9.17, 15) is 9.59 Å². The highest BCUT2D eigenvalue weighted by atomic mass is 35.5. The quantitative estimate of drug-likeness (QED) is 0.622. The van der Waals surface area contributed by atoms with Crippen LogP contribution in [-0.2, 0) is 17.6 Å². The van der Waals surface area contributed by atoms with Gasteiger partial charge in [-0.3, -0.25) is 9.59 Å². The van der Waals surface area contributed by atoms with Crippen molar-refractivity contribution in [2.24, 2.45) is 0 Å². The molecule has 0 unspecified atom stereocenters. The molecule has 0 atom stereocenters. The second kappa shape index (κ2) is 9.72. The minimum Gasteiger partial charge on any atom is -0.352 e. The van der Waals surface area contributed by atoms with Crippen molar-refractivity contribution in [3.63, 3.8) is 0 Å². The normalized spacial score (nSPS) is 10.3. The fraction of sp³-hybridized carbons (Fsp3) is 0.130. The Labute approximate surface area is 169 Å². The van der Waals surface area contributed by atoms with Crippen molar-refractivity contribution < 1.29 is 9.59 Å². The highest BCUT2D eigenvalue weighted by Crippen LogP contribution is 2.23. The van der Waals surface area contributed by atoms with E-state index in [-0.39, 0.29) is 18.2 Å². The highest BCUT2D eigenvalue weighted by molar-refractivity contribution is 6.33. The summed E-state index contributed by atoms with van der Waals surface area (Å²) in [6, 6.07) is 24.3. The van der Waals surface area contributed by atoms with Crippen molar-refractivity contribution in [1.82, 2.24) is 5.32 Å².